The van der Waals surface area contributed by atoms with Crippen LogP contribution in [0.25, 0.3) is 0 Å². The molecule has 0 heterocycles. The number of benzene rings is 1. The number of nitrogens with one attached hydrogen (secondary N) is 1. The Bertz CT molecular complexity index is 373. The van der Waals surface area contributed by atoms with Crippen LogP contribution in [0.4, 0.5) is 5.69 Å². The van der Waals surface area contributed by atoms with E-state index in [-0.39, 0.29) is 6.04 Å². The molecule has 0 radical (unpaired) electrons. The van der Waals surface area contributed by atoms with Gasteiger partial charge in [0.1, 0.15) is 5.75 Å². The van der Waals surface area contributed by atoms with E-state index < -0.39 is 0 Å². The normalized spacial score (nSPS) is 12.3. The molecule has 0 aromatic heterocycles. The molecule has 1 atom stereocenters. The first-order valence-electron chi connectivity index (χ1n) is 7.28. The molecule has 0 saturated carbocycles. The van der Waals surface area contributed by atoms with Crippen molar-refractivity contribution < 1.29 is 4.74 Å². The first kappa shape index (κ1) is 15.8. The van der Waals surface area contributed by atoms with E-state index in [9.17, 15) is 0 Å². The predicted octanol–water partition coefficient (Wildman–Crippen LogP) is 3.60. The Balaban J connectivity index is 3.22. The van der Waals surface area contributed by atoms with Crippen molar-refractivity contribution in [2.45, 2.75) is 39.7 Å². The van der Waals surface area contributed by atoms with Crippen LogP contribution in [0.2, 0.25) is 0 Å². The number of hydrogen-bond donors (Lipinski definition) is 1. The molecule has 0 aliphatic heterocycles. The number of rotatable bonds is 8. The first-order chi connectivity index (χ1) is 9.19. The number of hydrogen-bond acceptors (Lipinski definition) is 3. The predicted molar refractivity (Wildman–Crippen MR) is 83.3 cm³/mol. The summed E-state index contributed by atoms with van der Waals surface area (Å²) in [6.07, 6.45) is 2.31. The van der Waals surface area contributed by atoms with Crippen LogP contribution in [-0.4, -0.2) is 27.2 Å². The summed E-state index contributed by atoms with van der Waals surface area (Å²) < 4.78 is 5.55. The zero-order valence-electron chi connectivity index (χ0n) is 13.0. The van der Waals surface area contributed by atoms with Gasteiger partial charge in [0.2, 0.25) is 0 Å². The van der Waals surface area contributed by atoms with Gasteiger partial charge in [-0.05, 0) is 38.9 Å². The fourth-order valence-corrected chi connectivity index (χ4v) is 2.46. The van der Waals surface area contributed by atoms with E-state index in [1.165, 1.54) is 11.3 Å². The topological polar surface area (TPSA) is 24.5 Å². The molecule has 0 spiro atoms. The fourth-order valence-electron chi connectivity index (χ4n) is 2.46. The molecule has 1 aromatic rings. The Morgan fingerprint density at radius 1 is 1.21 bits per heavy atom. The van der Waals surface area contributed by atoms with Crippen molar-refractivity contribution in [3.05, 3.63) is 23.8 Å². The molecule has 1 aromatic carbocycles. The highest BCUT2D eigenvalue weighted by Gasteiger charge is 2.18. The van der Waals surface area contributed by atoms with Gasteiger partial charge in [0.25, 0.3) is 0 Å². The smallest absolute Gasteiger partial charge is 0.125 e. The highest BCUT2D eigenvalue weighted by molar-refractivity contribution is 5.60. The zero-order valence-corrected chi connectivity index (χ0v) is 13.0. The second-order valence-electron chi connectivity index (χ2n) is 4.89. The van der Waals surface area contributed by atoms with Crippen molar-refractivity contribution >= 4 is 5.69 Å². The summed E-state index contributed by atoms with van der Waals surface area (Å²) >= 11 is 0. The molecule has 19 heavy (non-hydrogen) atoms. The summed E-state index contributed by atoms with van der Waals surface area (Å²) in [5.74, 6) is 0.969. The van der Waals surface area contributed by atoms with Crippen LogP contribution in [0.15, 0.2) is 18.2 Å². The number of methoxy groups -OCH3 is 1. The van der Waals surface area contributed by atoms with Crippen molar-refractivity contribution in [2.24, 2.45) is 0 Å². The minimum atomic E-state index is 0.280. The van der Waals surface area contributed by atoms with Crippen molar-refractivity contribution in [3.63, 3.8) is 0 Å². The molecule has 1 N–H and O–H groups in total. The van der Waals surface area contributed by atoms with Gasteiger partial charge >= 0.3 is 0 Å². The Hall–Kier alpha value is -1.22. The van der Waals surface area contributed by atoms with Gasteiger partial charge in [-0.2, -0.15) is 0 Å². The minimum Gasteiger partial charge on any atom is -0.496 e. The molecule has 1 rings (SSSR count). The summed E-state index contributed by atoms with van der Waals surface area (Å²) in [6.45, 7) is 8.81. The maximum Gasteiger partial charge on any atom is 0.125 e. The molecule has 0 saturated heterocycles. The quantitative estimate of drug-likeness (QED) is 0.776. The number of ether oxygens (including phenoxy) is 1. The van der Waals surface area contributed by atoms with Crippen LogP contribution in [0.3, 0.4) is 0 Å². The van der Waals surface area contributed by atoms with Crippen LogP contribution in [0.5, 0.6) is 5.75 Å². The Kier molecular flexibility index (Phi) is 6.71. The molecule has 1 unspecified atom stereocenters. The fraction of sp³-hybridized carbons (Fsp3) is 0.625. The summed E-state index contributed by atoms with van der Waals surface area (Å²) in [5.41, 5.74) is 2.55. The molecule has 3 nitrogen and oxygen atoms in total. The Morgan fingerprint density at radius 3 is 2.32 bits per heavy atom. The lowest BCUT2D eigenvalue weighted by atomic mass is 10.0. The number of nitrogens with zero attached hydrogens (tertiary/aromatic N) is 1. The van der Waals surface area contributed by atoms with Crippen LogP contribution in [-0.2, 0) is 0 Å². The third-order valence-electron chi connectivity index (χ3n) is 3.46. The summed E-state index contributed by atoms with van der Waals surface area (Å²) in [5, 5.41) is 3.33. The standard InChI is InChI=1S/C16H28N2O/c1-6-11-18(12-7-2)14-9-8-10-15(19-5)16(14)13(3)17-4/h8-10,13,17H,6-7,11-12H2,1-5H3. The molecule has 108 valence electrons. The summed E-state index contributed by atoms with van der Waals surface area (Å²) in [4.78, 5) is 2.46. The molecule has 0 fully saturated rings. The van der Waals surface area contributed by atoms with Gasteiger partial charge in [0.15, 0.2) is 0 Å². The van der Waals surface area contributed by atoms with E-state index in [1.807, 2.05) is 13.1 Å². The Morgan fingerprint density at radius 2 is 1.84 bits per heavy atom. The van der Waals surface area contributed by atoms with E-state index in [1.54, 1.807) is 7.11 Å². The molecule has 3 heteroatoms. The maximum atomic E-state index is 5.55. The van der Waals surface area contributed by atoms with Crippen LogP contribution in [0.1, 0.15) is 45.2 Å². The van der Waals surface area contributed by atoms with E-state index in [0.29, 0.717) is 0 Å². The van der Waals surface area contributed by atoms with Gasteiger partial charge in [0.05, 0.1) is 7.11 Å². The minimum absolute atomic E-state index is 0.280. The molecule has 0 bridgehead atoms. The lowest BCUT2D eigenvalue weighted by Gasteiger charge is -2.29. The molecule has 0 aliphatic rings. The molecular formula is C16H28N2O. The van der Waals surface area contributed by atoms with E-state index in [2.05, 4.69) is 43.1 Å². The van der Waals surface area contributed by atoms with Gasteiger partial charge in [-0.1, -0.05) is 19.9 Å². The monoisotopic (exact) mass is 264 g/mol. The second-order valence-corrected chi connectivity index (χ2v) is 4.89. The number of anilines is 1. The average Bonchev–Trinajstić information content (AvgIpc) is 2.45. The van der Waals surface area contributed by atoms with E-state index >= 15 is 0 Å². The largest absolute Gasteiger partial charge is 0.496 e. The van der Waals surface area contributed by atoms with Crippen molar-refractivity contribution in [1.82, 2.24) is 5.32 Å². The van der Waals surface area contributed by atoms with Crippen molar-refractivity contribution in [2.75, 3.05) is 32.1 Å². The average molecular weight is 264 g/mol. The van der Waals surface area contributed by atoms with E-state index in [4.69, 9.17) is 4.74 Å². The molecular weight excluding hydrogens is 236 g/mol. The lowest BCUT2D eigenvalue weighted by molar-refractivity contribution is 0.403. The van der Waals surface area contributed by atoms with Crippen LogP contribution in [0, 0.1) is 0 Å². The first-order valence-corrected chi connectivity index (χ1v) is 7.28. The van der Waals surface area contributed by atoms with Gasteiger partial charge in [-0.15, -0.1) is 0 Å². The maximum absolute atomic E-state index is 5.55. The Labute approximate surface area is 118 Å². The van der Waals surface area contributed by atoms with Gasteiger partial charge in [-0.25, -0.2) is 0 Å². The van der Waals surface area contributed by atoms with Crippen molar-refractivity contribution in [1.29, 1.82) is 0 Å². The third-order valence-corrected chi connectivity index (χ3v) is 3.46. The zero-order chi connectivity index (χ0) is 14.3. The highest BCUT2D eigenvalue weighted by atomic mass is 16.5. The second kappa shape index (κ2) is 8.05. The lowest BCUT2D eigenvalue weighted by Crippen LogP contribution is -2.27. The van der Waals surface area contributed by atoms with Crippen LogP contribution < -0.4 is 15.0 Å². The molecule has 0 amide bonds. The van der Waals surface area contributed by atoms with Crippen molar-refractivity contribution in [3.8, 4) is 5.75 Å². The van der Waals surface area contributed by atoms with Gasteiger partial charge in [0, 0.05) is 30.4 Å². The van der Waals surface area contributed by atoms with E-state index in [0.717, 1.165) is 31.7 Å². The summed E-state index contributed by atoms with van der Waals surface area (Å²) in [7, 11) is 3.74. The summed E-state index contributed by atoms with van der Waals surface area (Å²) in [6, 6.07) is 6.61. The van der Waals surface area contributed by atoms with Gasteiger partial charge < -0.3 is 15.0 Å². The van der Waals surface area contributed by atoms with Gasteiger partial charge in [-0.3, -0.25) is 0 Å². The highest BCUT2D eigenvalue weighted by Crippen LogP contribution is 2.34. The third kappa shape index (κ3) is 3.87. The molecule has 0 aliphatic carbocycles. The van der Waals surface area contributed by atoms with Crippen LogP contribution >= 0.6 is 0 Å². The SMILES string of the molecule is CCCN(CCC)c1cccc(OC)c1C(C)NC.